The van der Waals surface area contributed by atoms with E-state index in [1.807, 2.05) is 18.2 Å². The predicted molar refractivity (Wildman–Crippen MR) is 81.7 cm³/mol. The summed E-state index contributed by atoms with van der Waals surface area (Å²) in [6.07, 6.45) is 9.09. The van der Waals surface area contributed by atoms with E-state index in [2.05, 4.69) is 11.0 Å². The van der Waals surface area contributed by atoms with Gasteiger partial charge in [-0.2, -0.15) is 0 Å². The summed E-state index contributed by atoms with van der Waals surface area (Å²) in [6, 6.07) is 8.05. The number of hydrogen-bond acceptors (Lipinski definition) is 2. The second-order valence-electron chi connectivity index (χ2n) is 5.38. The quantitative estimate of drug-likeness (QED) is 0.809. The van der Waals surface area contributed by atoms with Crippen LogP contribution in [0.5, 0.6) is 0 Å². The van der Waals surface area contributed by atoms with Crippen molar-refractivity contribution in [2.75, 3.05) is 19.6 Å². The summed E-state index contributed by atoms with van der Waals surface area (Å²) < 4.78 is 0. The Bertz CT molecular complexity index is 462. The van der Waals surface area contributed by atoms with Gasteiger partial charge < -0.3 is 10.0 Å². The largest absolute Gasteiger partial charge is 0.478 e. The number of nitrogens with zero attached hydrogens (tertiary/aromatic N) is 1. The highest BCUT2D eigenvalue weighted by atomic mass is 16.4. The van der Waals surface area contributed by atoms with E-state index in [9.17, 15) is 4.79 Å². The lowest BCUT2D eigenvalue weighted by atomic mass is 10.0. The third-order valence-corrected chi connectivity index (χ3v) is 3.83. The van der Waals surface area contributed by atoms with Gasteiger partial charge in [-0.05, 0) is 62.5 Å². The van der Waals surface area contributed by atoms with E-state index in [1.165, 1.54) is 44.0 Å². The highest BCUT2D eigenvalue weighted by molar-refractivity contribution is 5.85. The van der Waals surface area contributed by atoms with Crippen molar-refractivity contribution in [2.45, 2.75) is 32.1 Å². The lowest BCUT2D eigenvalue weighted by Gasteiger charge is -2.26. The zero-order valence-electron chi connectivity index (χ0n) is 11.9. The number of carboxylic acids is 1. The maximum atomic E-state index is 10.6. The highest BCUT2D eigenvalue weighted by Crippen LogP contribution is 2.14. The highest BCUT2D eigenvalue weighted by Gasteiger charge is 2.09. The van der Waals surface area contributed by atoms with Crippen LogP contribution in [0.3, 0.4) is 0 Å². The van der Waals surface area contributed by atoms with Crippen molar-refractivity contribution in [1.82, 2.24) is 4.90 Å². The van der Waals surface area contributed by atoms with Crippen molar-refractivity contribution in [3.05, 3.63) is 41.5 Å². The maximum Gasteiger partial charge on any atom is 0.328 e. The van der Waals surface area contributed by atoms with Gasteiger partial charge in [0.15, 0.2) is 0 Å². The van der Waals surface area contributed by atoms with Gasteiger partial charge in [0.05, 0.1) is 0 Å². The molecule has 0 unspecified atom stereocenters. The van der Waals surface area contributed by atoms with Gasteiger partial charge in [-0.3, -0.25) is 0 Å². The number of aliphatic carboxylic acids is 1. The smallest absolute Gasteiger partial charge is 0.328 e. The Kier molecular flexibility index (Phi) is 5.81. The zero-order valence-corrected chi connectivity index (χ0v) is 11.9. The van der Waals surface area contributed by atoms with Crippen LogP contribution in [0.1, 0.15) is 36.8 Å². The SMILES string of the molecule is O=C(O)C=Cc1ccccc1CCCN1CCCCC1. The van der Waals surface area contributed by atoms with Gasteiger partial charge in [0.2, 0.25) is 0 Å². The maximum absolute atomic E-state index is 10.6. The van der Waals surface area contributed by atoms with Gasteiger partial charge >= 0.3 is 5.97 Å². The number of rotatable bonds is 6. The molecule has 1 aromatic rings. The van der Waals surface area contributed by atoms with E-state index in [1.54, 1.807) is 6.08 Å². The van der Waals surface area contributed by atoms with Gasteiger partial charge in [-0.15, -0.1) is 0 Å². The molecular formula is C17H23NO2. The number of aryl methyl sites for hydroxylation is 1. The minimum Gasteiger partial charge on any atom is -0.478 e. The van der Waals surface area contributed by atoms with Gasteiger partial charge in [0, 0.05) is 6.08 Å². The van der Waals surface area contributed by atoms with Crippen molar-refractivity contribution in [3.8, 4) is 0 Å². The van der Waals surface area contributed by atoms with Crippen LogP contribution in [0.4, 0.5) is 0 Å². The number of hydrogen-bond donors (Lipinski definition) is 1. The van der Waals surface area contributed by atoms with Crippen LogP contribution in [-0.2, 0) is 11.2 Å². The normalized spacial score (nSPS) is 16.6. The van der Waals surface area contributed by atoms with E-state index in [4.69, 9.17) is 5.11 Å². The molecule has 0 spiro atoms. The van der Waals surface area contributed by atoms with Gasteiger partial charge in [-0.25, -0.2) is 4.79 Å². The van der Waals surface area contributed by atoms with Crippen molar-refractivity contribution < 1.29 is 9.90 Å². The third-order valence-electron chi connectivity index (χ3n) is 3.83. The Balaban J connectivity index is 1.86. The Morgan fingerprint density at radius 2 is 1.95 bits per heavy atom. The average Bonchev–Trinajstić information content (AvgIpc) is 2.47. The molecule has 0 radical (unpaired) electrons. The Morgan fingerprint density at radius 1 is 1.20 bits per heavy atom. The molecule has 1 aromatic carbocycles. The van der Waals surface area contributed by atoms with Crippen LogP contribution in [-0.4, -0.2) is 35.6 Å². The molecule has 0 bridgehead atoms. The second kappa shape index (κ2) is 7.85. The first-order chi connectivity index (χ1) is 9.75. The summed E-state index contributed by atoms with van der Waals surface area (Å²) >= 11 is 0. The lowest BCUT2D eigenvalue weighted by Crippen LogP contribution is -2.30. The molecule has 1 fully saturated rings. The number of carbonyl (C=O) groups is 1. The lowest BCUT2D eigenvalue weighted by molar-refractivity contribution is -0.131. The molecule has 0 aliphatic carbocycles. The summed E-state index contributed by atoms with van der Waals surface area (Å²) in [6.45, 7) is 3.62. The molecule has 3 heteroatoms. The Labute approximate surface area is 120 Å². The average molecular weight is 273 g/mol. The zero-order chi connectivity index (χ0) is 14.2. The van der Waals surface area contributed by atoms with Crippen LogP contribution < -0.4 is 0 Å². The molecule has 2 rings (SSSR count). The standard InChI is InChI=1S/C17H23NO2/c19-17(20)11-10-16-8-3-2-7-15(16)9-6-14-18-12-4-1-5-13-18/h2-3,7-8,10-11H,1,4-6,9,12-14H2,(H,19,20). The number of piperidine rings is 1. The molecule has 1 heterocycles. The molecule has 3 nitrogen and oxygen atoms in total. The fourth-order valence-electron chi connectivity index (χ4n) is 2.76. The van der Waals surface area contributed by atoms with E-state index in [-0.39, 0.29) is 0 Å². The van der Waals surface area contributed by atoms with E-state index < -0.39 is 5.97 Å². The topological polar surface area (TPSA) is 40.5 Å². The first-order valence-electron chi connectivity index (χ1n) is 7.47. The minimum atomic E-state index is -0.895. The number of carboxylic acid groups (broad SMARTS) is 1. The summed E-state index contributed by atoms with van der Waals surface area (Å²) in [5, 5.41) is 8.72. The number of likely N-dealkylation sites (tertiary alicyclic amines) is 1. The summed E-state index contributed by atoms with van der Waals surface area (Å²) in [7, 11) is 0. The molecule has 1 aliphatic rings. The van der Waals surface area contributed by atoms with Crippen molar-refractivity contribution in [1.29, 1.82) is 0 Å². The fraction of sp³-hybridized carbons (Fsp3) is 0.471. The predicted octanol–water partition coefficient (Wildman–Crippen LogP) is 3.20. The summed E-state index contributed by atoms with van der Waals surface area (Å²) in [5.41, 5.74) is 2.26. The molecule has 20 heavy (non-hydrogen) atoms. The van der Waals surface area contributed by atoms with Crippen molar-refractivity contribution in [3.63, 3.8) is 0 Å². The van der Waals surface area contributed by atoms with E-state index in [0.29, 0.717) is 0 Å². The van der Waals surface area contributed by atoms with Crippen molar-refractivity contribution >= 4 is 12.0 Å². The van der Waals surface area contributed by atoms with Crippen LogP contribution in [0.25, 0.3) is 6.08 Å². The van der Waals surface area contributed by atoms with Crippen LogP contribution in [0.2, 0.25) is 0 Å². The van der Waals surface area contributed by atoms with Crippen molar-refractivity contribution in [2.24, 2.45) is 0 Å². The van der Waals surface area contributed by atoms with E-state index in [0.717, 1.165) is 24.9 Å². The van der Waals surface area contributed by atoms with E-state index >= 15 is 0 Å². The molecule has 0 saturated carbocycles. The van der Waals surface area contributed by atoms with Crippen LogP contribution >= 0.6 is 0 Å². The molecular weight excluding hydrogens is 250 g/mol. The molecule has 0 amide bonds. The third kappa shape index (κ3) is 4.82. The Morgan fingerprint density at radius 3 is 2.70 bits per heavy atom. The molecule has 0 aromatic heterocycles. The van der Waals surface area contributed by atoms with Crippen LogP contribution in [0.15, 0.2) is 30.3 Å². The molecule has 1 saturated heterocycles. The second-order valence-corrected chi connectivity index (χ2v) is 5.38. The van der Waals surface area contributed by atoms with Gasteiger partial charge in [-0.1, -0.05) is 30.7 Å². The first kappa shape index (κ1) is 14.8. The van der Waals surface area contributed by atoms with Crippen LogP contribution in [0, 0.1) is 0 Å². The van der Waals surface area contributed by atoms with Gasteiger partial charge in [0.25, 0.3) is 0 Å². The molecule has 108 valence electrons. The summed E-state index contributed by atoms with van der Waals surface area (Å²) in [4.78, 5) is 13.2. The molecule has 1 aliphatic heterocycles. The monoisotopic (exact) mass is 273 g/mol. The summed E-state index contributed by atoms with van der Waals surface area (Å²) in [5.74, 6) is -0.895. The minimum absolute atomic E-state index is 0.895. The first-order valence-corrected chi connectivity index (χ1v) is 7.47. The number of benzene rings is 1. The molecule has 1 N–H and O–H groups in total. The Hall–Kier alpha value is -1.61. The fourth-order valence-corrected chi connectivity index (χ4v) is 2.76. The molecule has 0 atom stereocenters. The van der Waals surface area contributed by atoms with Gasteiger partial charge in [0.1, 0.15) is 0 Å².